The zero-order chi connectivity index (χ0) is 9.80. The summed E-state index contributed by atoms with van der Waals surface area (Å²) in [4.78, 5) is 6.91. The highest BCUT2D eigenvalue weighted by atomic mass is 16.3. The molecule has 3 N–H and O–H groups in total. The molecule has 1 aromatic carbocycles. The van der Waals surface area contributed by atoms with Gasteiger partial charge in [0.1, 0.15) is 5.75 Å². The molecule has 4 heteroatoms. The zero-order valence-corrected chi connectivity index (χ0v) is 7.57. The molecule has 72 valence electrons. The number of phenols is 1. The quantitative estimate of drug-likeness (QED) is 0.644. The van der Waals surface area contributed by atoms with E-state index >= 15 is 0 Å². The largest absolute Gasteiger partial charge is 0.508 e. The van der Waals surface area contributed by atoms with Crippen LogP contribution in [0.1, 0.15) is 5.69 Å². The number of anilines is 1. The van der Waals surface area contributed by atoms with E-state index in [0.29, 0.717) is 6.54 Å². The van der Waals surface area contributed by atoms with E-state index < -0.39 is 0 Å². The minimum Gasteiger partial charge on any atom is -0.508 e. The monoisotopic (exact) mass is 189 g/mol. The highest BCUT2D eigenvalue weighted by molar-refractivity contribution is 5.45. The van der Waals surface area contributed by atoms with Gasteiger partial charge >= 0.3 is 0 Å². The summed E-state index contributed by atoms with van der Waals surface area (Å²) in [5.41, 5.74) is 2.00. The van der Waals surface area contributed by atoms with E-state index in [1.807, 2.05) is 12.1 Å². The van der Waals surface area contributed by atoms with E-state index in [-0.39, 0.29) is 5.75 Å². The minimum atomic E-state index is 0.275. The lowest BCUT2D eigenvalue weighted by molar-refractivity contribution is 0.475. The van der Waals surface area contributed by atoms with Crippen LogP contribution in [0.25, 0.3) is 0 Å². The number of phenolic OH excluding ortho intramolecular Hbond substituents is 1. The second-order valence-electron chi connectivity index (χ2n) is 2.98. The molecule has 2 aromatic rings. The molecule has 0 saturated heterocycles. The Balaban J connectivity index is 1.95. The summed E-state index contributed by atoms with van der Waals surface area (Å²) in [5.74, 6) is 0.275. The second kappa shape index (κ2) is 3.83. The Morgan fingerprint density at radius 1 is 1.29 bits per heavy atom. The van der Waals surface area contributed by atoms with Crippen LogP contribution in [0.15, 0.2) is 36.8 Å². The summed E-state index contributed by atoms with van der Waals surface area (Å²) in [6, 6.07) is 6.95. The Kier molecular flexibility index (Phi) is 2.36. The van der Waals surface area contributed by atoms with Crippen molar-refractivity contribution >= 4 is 5.69 Å². The molecule has 0 amide bonds. The standard InChI is InChI=1S/C10H11N3O/c14-10-3-1-8(2-4-10)12-6-9-5-11-7-13-9/h1-5,7,12,14H,6H2,(H,11,13). The summed E-state index contributed by atoms with van der Waals surface area (Å²) in [5, 5.41) is 12.3. The lowest BCUT2D eigenvalue weighted by Gasteiger charge is -2.03. The number of imidazole rings is 1. The van der Waals surface area contributed by atoms with Crippen molar-refractivity contribution < 1.29 is 5.11 Å². The second-order valence-corrected chi connectivity index (χ2v) is 2.98. The molecule has 0 fully saturated rings. The van der Waals surface area contributed by atoms with Gasteiger partial charge in [0.05, 0.1) is 18.6 Å². The fourth-order valence-electron chi connectivity index (χ4n) is 1.16. The third-order valence-electron chi connectivity index (χ3n) is 1.91. The highest BCUT2D eigenvalue weighted by Gasteiger charge is 1.94. The van der Waals surface area contributed by atoms with Crippen molar-refractivity contribution in [2.24, 2.45) is 0 Å². The fourth-order valence-corrected chi connectivity index (χ4v) is 1.16. The Labute approximate surface area is 81.6 Å². The van der Waals surface area contributed by atoms with Crippen molar-refractivity contribution in [3.05, 3.63) is 42.5 Å². The summed E-state index contributed by atoms with van der Waals surface area (Å²) >= 11 is 0. The summed E-state index contributed by atoms with van der Waals surface area (Å²) in [6.07, 6.45) is 3.42. The molecule has 0 aliphatic heterocycles. The summed E-state index contributed by atoms with van der Waals surface area (Å²) in [6.45, 7) is 0.699. The van der Waals surface area contributed by atoms with Crippen LogP contribution in [0.3, 0.4) is 0 Å². The van der Waals surface area contributed by atoms with E-state index in [2.05, 4.69) is 15.3 Å². The molecule has 0 aliphatic rings. The molecular weight excluding hydrogens is 178 g/mol. The van der Waals surface area contributed by atoms with Crippen molar-refractivity contribution in [2.45, 2.75) is 6.54 Å². The maximum absolute atomic E-state index is 9.06. The number of nitrogens with one attached hydrogen (secondary N) is 2. The number of benzene rings is 1. The molecule has 4 nitrogen and oxygen atoms in total. The van der Waals surface area contributed by atoms with Gasteiger partial charge in [-0.1, -0.05) is 0 Å². The van der Waals surface area contributed by atoms with Gasteiger partial charge < -0.3 is 15.4 Å². The summed E-state index contributed by atoms with van der Waals surface area (Å²) in [7, 11) is 0. The molecule has 0 aliphatic carbocycles. The third kappa shape index (κ3) is 2.04. The molecule has 2 rings (SSSR count). The predicted molar refractivity (Wildman–Crippen MR) is 54.0 cm³/mol. The van der Waals surface area contributed by atoms with Crippen molar-refractivity contribution in [2.75, 3.05) is 5.32 Å². The molecule has 0 atom stereocenters. The SMILES string of the molecule is Oc1ccc(NCc2cnc[nH]2)cc1. The Morgan fingerprint density at radius 2 is 2.07 bits per heavy atom. The van der Waals surface area contributed by atoms with Gasteiger partial charge in [-0.25, -0.2) is 4.98 Å². The lowest BCUT2D eigenvalue weighted by atomic mass is 10.3. The first-order valence-electron chi connectivity index (χ1n) is 4.35. The number of rotatable bonds is 3. The number of aromatic hydroxyl groups is 1. The van der Waals surface area contributed by atoms with Crippen molar-refractivity contribution in [1.29, 1.82) is 0 Å². The van der Waals surface area contributed by atoms with Crippen molar-refractivity contribution in [1.82, 2.24) is 9.97 Å². The smallest absolute Gasteiger partial charge is 0.115 e. The number of H-pyrrole nitrogens is 1. The topological polar surface area (TPSA) is 60.9 Å². The average Bonchev–Trinajstić information content (AvgIpc) is 2.70. The van der Waals surface area contributed by atoms with Crippen LogP contribution in [0.2, 0.25) is 0 Å². The van der Waals surface area contributed by atoms with Crippen LogP contribution in [-0.2, 0) is 6.54 Å². The first-order chi connectivity index (χ1) is 6.84. The summed E-state index contributed by atoms with van der Waals surface area (Å²) < 4.78 is 0. The van der Waals surface area contributed by atoms with E-state index in [9.17, 15) is 0 Å². The molecule has 0 radical (unpaired) electrons. The molecule has 0 saturated carbocycles. The van der Waals surface area contributed by atoms with E-state index in [1.54, 1.807) is 24.7 Å². The molecular formula is C10H11N3O. The van der Waals surface area contributed by atoms with Gasteiger partial charge in [-0.15, -0.1) is 0 Å². The Bertz CT molecular complexity index is 380. The molecule has 0 unspecified atom stereocenters. The number of hydrogen-bond acceptors (Lipinski definition) is 3. The Hall–Kier alpha value is -1.97. The maximum atomic E-state index is 9.06. The minimum absolute atomic E-state index is 0.275. The van der Waals surface area contributed by atoms with Gasteiger partial charge in [0.2, 0.25) is 0 Å². The molecule has 14 heavy (non-hydrogen) atoms. The molecule has 1 heterocycles. The third-order valence-corrected chi connectivity index (χ3v) is 1.91. The lowest BCUT2D eigenvalue weighted by Crippen LogP contribution is -1.98. The fraction of sp³-hybridized carbons (Fsp3) is 0.100. The van der Waals surface area contributed by atoms with Crippen molar-refractivity contribution in [3.8, 4) is 5.75 Å². The number of aromatic nitrogens is 2. The molecule has 1 aromatic heterocycles. The molecule has 0 spiro atoms. The first kappa shape index (κ1) is 8.62. The van der Waals surface area contributed by atoms with Gasteiger partial charge in [-0.05, 0) is 24.3 Å². The van der Waals surface area contributed by atoms with Crippen LogP contribution >= 0.6 is 0 Å². The van der Waals surface area contributed by atoms with E-state index in [0.717, 1.165) is 11.4 Å². The van der Waals surface area contributed by atoms with Gasteiger partial charge in [0, 0.05) is 11.9 Å². The van der Waals surface area contributed by atoms with Crippen LogP contribution < -0.4 is 5.32 Å². The van der Waals surface area contributed by atoms with Crippen LogP contribution in [0, 0.1) is 0 Å². The van der Waals surface area contributed by atoms with Crippen LogP contribution in [-0.4, -0.2) is 15.1 Å². The number of hydrogen-bond donors (Lipinski definition) is 3. The van der Waals surface area contributed by atoms with Crippen LogP contribution in [0.4, 0.5) is 5.69 Å². The van der Waals surface area contributed by atoms with E-state index in [1.165, 1.54) is 0 Å². The Morgan fingerprint density at radius 3 is 2.71 bits per heavy atom. The zero-order valence-electron chi connectivity index (χ0n) is 7.57. The first-order valence-corrected chi connectivity index (χ1v) is 4.35. The van der Waals surface area contributed by atoms with Gasteiger partial charge in [0.25, 0.3) is 0 Å². The van der Waals surface area contributed by atoms with Gasteiger partial charge in [-0.3, -0.25) is 0 Å². The van der Waals surface area contributed by atoms with Crippen molar-refractivity contribution in [3.63, 3.8) is 0 Å². The highest BCUT2D eigenvalue weighted by Crippen LogP contribution is 2.14. The normalized spacial score (nSPS) is 10.0. The average molecular weight is 189 g/mol. The van der Waals surface area contributed by atoms with Crippen LogP contribution in [0.5, 0.6) is 5.75 Å². The number of aromatic amines is 1. The predicted octanol–water partition coefficient (Wildman–Crippen LogP) is 1.73. The van der Waals surface area contributed by atoms with E-state index in [4.69, 9.17) is 5.11 Å². The van der Waals surface area contributed by atoms with Gasteiger partial charge in [-0.2, -0.15) is 0 Å². The number of nitrogens with zero attached hydrogens (tertiary/aromatic N) is 1. The molecule has 0 bridgehead atoms. The van der Waals surface area contributed by atoms with Gasteiger partial charge in [0.15, 0.2) is 0 Å². The maximum Gasteiger partial charge on any atom is 0.115 e.